The average molecular weight is 521 g/mol. The molecule has 3 aromatic rings. The summed E-state index contributed by atoms with van der Waals surface area (Å²) >= 11 is 7.75. The van der Waals surface area contributed by atoms with Gasteiger partial charge < -0.3 is 4.90 Å². The second-order valence-corrected chi connectivity index (χ2v) is 11.6. The van der Waals surface area contributed by atoms with E-state index in [1.54, 1.807) is 23.1 Å². The highest BCUT2D eigenvalue weighted by Crippen LogP contribution is 2.33. The number of nitrogens with zero attached hydrogens (tertiary/aromatic N) is 4. The van der Waals surface area contributed by atoms with E-state index < -0.39 is 10.0 Å². The van der Waals surface area contributed by atoms with Crippen molar-refractivity contribution < 1.29 is 13.2 Å². The molecule has 1 saturated heterocycles. The van der Waals surface area contributed by atoms with Crippen LogP contribution in [-0.2, 0) is 10.0 Å². The van der Waals surface area contributed by atoms with Gasteiger partial charge in [0.15, 0.2) is 5.13 Å². The summed E-state index contributed by atoms with van der Waals surface area (Å²) in [5.74, 6) is -0.215. The predicted octanol–water partition coefficient (Wildman–Crippen LogP) is 4.72. The summed E-state index contributed by atoms with van der Waals surface area (Å²) in [7, 11) is -3.53. The number of sulfonamides is 1. The van der Waals surface area contributed by atoms with Crippen LogP contribution in [0.5, 0.6) is 0 Å². The Balaban J connectivity index is 1.63. The number of hydrogen-bond donors (Lipinski definition) is 0. The summed E-state index contributed by atoms with van der Waals surface area (Å²) in [6.45, 7) is 8.19. The lowest BCUT2D eigenvalue weighted by Crippen LogP contribution is -2.38. The fourth-order valence-corrected chi connectivity index (χ4v) is 6.89. The number of amides is 1. The first-order valence-electron chi connectivity index (χ1n) is 11.5. The van der Waals surface area contributed by atoms with Crippen molar-refractivity contribution in [3.63, 3.8) is 0 Å². The van der Waals surface area contributed by atoms with Crippen molar-refractivity contribution in [3.8, 4) is 0 Å². The predicted molar refractivity (Wildman–Crippen MR) is 139 cm³/mol. The number of aromatic nitrogens is 1. The Kier molecular flexibility index (Phi) is 7.89. The molecule has 7 nitrogen and oxygen atoms in total. The molecule has 4 rings (SSSR count). The molecule has 182 valence electrons. The minimum atomic E-state index is -3.53. The van der Waals surface area contributed by atoms with Crippen molar-refractivity contribution >= 4 is 54.2 Å². The standard InChI is InChI=1S/C24H29ClN4O3S2/c1-3-27(4-2)16-17-29(24-26-22-20(25)8-7-9-21(22)33-24)23(30)18-10-12-19(13-11-18)34(31,32)28-14-5-6-15-28/h7-13H,3-6,14-17H2,1-2H3. The molecule has 0 bridgehead atoms. The Bertz CT molecular complexity index is 1250. The van der Waals surface area contributed by atoms with Crippen molar-refractivity contribution in [3.05, 3.63) is 53.1 Å². The van der Waals surface area contributed by atoms with Crippen molar-refractivity contribution in [2.45, 2.75) is 31.6 Å². The van der Waals surface area contributed by atoms with Gasteiger partial charge in [0.2, 0.25) is 10.0 Å². The maximum Gasteiger partial charge on any atom is 0.260 e. The first-order valence-corrected chi connectivity index (χ1v) is 14.2. The summed E-state index contributed by atoms with van der Waals surface area (Å²) in [5, 5.41) is 1.13. The quantitative estimate of drug-likeness (QED) is 0.408. The second kappa shape index (κ2) is 10.7. The number of anilines is 1. The fourth-order valence-electron chi connectivity index (χ4n) is 4.09. The van der Waals surface area contributed by atoms with E-state index in [0.29, 0.717) is 47.4 Å². The smallest absolute Gasteiger partial charge is 0.260 e. The van der Waals surface area contributed by atoms with Crippen LogP contribution in [0.3, 0.4) is 0 Å². The highest BCUT2D eigenvalue weighted by atomic mass is 35.5. The summed E-state index contributed by atoms with van der Waals surface area (Å²) in [5.41, 5.74) is 1.10. The van der Waals surface area contributed by atoms with Gasteiger partial charge in [0.05, 0.1) is 14.6 Å². The minimum Gasteiger partial charge on any atom is -0.302 e. The van der Waals surface area contributed by atoms with Gasteiger partial charge in [-0.05, 0) is 62.3 Å². The summed E-state index contributed by atoms with van der Waals surface area (Å²) in [4.78, 5) is 22.4. The molecule has 10 heteroatoms. The van der Waals surface area contributed by atoms with Crippen LogP contribution < -0.4 is 4.90 Å². The molecule has 0 unspecified atom stereocenters. The molecule has 2 heterocycles. The van der Waals surface area contributed by atoms with Crippen molar-refractivity contribution in [2.24, 2.45) is 0 Å². The summed E-state index contributed by atoms with van der Waals surface area (Å²) in [6, 6.07) is 11.8. The third-order valence-corrected chi connectivity index (χ3v) is 9.43. The number of fused-ring (bicyclic) bond motifs is 1. The summed E-state index contributed by atoms with van der Waals surface area (Å²) in [6.07, 6.45) is 1.76. The van der Waals surface area contributed by atoms with Gasteiger partial charge in [-0.15, -0.1) is 0 Å². The van der Waals surface area contributed by atoms with Gasteiger partial charge in [0.1, 0.15) is 5.52 Å². The largest absolute Gasteiger partial charge is 0.302 e. The van der Waals surface area contributed by atoms with E-state index in [9.17, 15) is 13.2 Å². The lowest BCUT2D eigenvalue weighted by Gasteiger charge is -2.25. The number of likely N-dealkylation sites (N-methyl/N-ethyl adjacent to an activating group) is 1. The first-order chi connectivity index (χ1) is 16.3. The molecule has 1 amide bonds. The number of hydrogen-bond acceptors (Lipinski definition) is 6. The van der Waals surface area contributed by atoms with Crippen LogP contribution in [0.25, 0.3) is 10.2 Å². The Morgan fingerprint density at radius 3 is 2.35 bits per heavy atom. The third-order valence-electron chi connectivity index (χ3n) is 6.17. The molecule has 34 heavy (non-hydrogen) atoms. The van der Waals surface area contributed by atoms with E-state index in [1.807, 2.05) is 12.1 Å². The highest BCUT2D eigenvalue weighted by Gasteiger charge is 2.28. The van der Waals surface area contributed by atoms with Gasteiger partial charge in [-0.1, -0.05) is 42.9 Å². The van der Waals surface area contributed by atoms with Crippen LogP contribution in [0.4, 0.5) is 5.13 Å². The monoisotopic (exact) mass is 520 g/mol. The van der Waals surface area contributed by atoms with Gasteiger partial charge in [-0.2, -0.15) is 4.31 Å². The zero-order chi connectivity index (χ0) is 24.3. The molecule has 1 aliphatic heterocycles. The molecule has 0 saturated carbocycles. The third kappa shape index (κ3) is 5.13. The van der Waals surface area contributed by atoms with Crippen molar-refractivity contribution in [1.82, 2.24) is 14.2 Å². The van der Waals surface area contributed by atoms with Gasteiger partial charge >= 0.3 is 0 Å². The molecule has 0 aliphatic carbocycles. The SMILES string of the molecule is CCN(CC)CCN(C(=O)c1ccc(S(=O)(=O)N2CCCC2)cc1)c1nc2c(Cl)cccc2s1. The number of carbonyl (C=O) groups is 1. The molecule has 0 N–H and O–H groups in total. The van der Waals surface area contributed by atoms with Crippen LogP contribution in [0.1, 0.15) is 37.0 Å². The average Bonchev–Trinajstić information content (AvgIpc) is 3.53. The van der Waals surface area contributed by atoms with Gasteiger partial charge in [-0.3, -0.25) is 9.69 Å². The van der Waals surface area contributed by atoms with Crippen LogP contribution >= 0.6 is 22.9 Å². The molecule has 0 atom stereocenters. The molecule has 1 aromatic heterocycles. The van der Waals surface area contributed by atoms with Gasteiger partial charge in [-0.25, -0.2) is 13.4 Å². The maximum absolute atomic E-state index is 13.6. The molecular formula is C24H29ClN4O3S2. The Labute approximate surface area is 210 Å². The number of rotatable bonds is 9. The number of benzene rings is 2. The molecule has 1 fully saturated rings. The van der Waals surface area contributed by atoms with Crippen LogP contribution in [-0.4, -0.2) is 67.8 Å². The highest BCUT2D eigenvalue weighted by molar-refractivity contribution is 7.89. The van der Waals surface area contributed by atoms with E-state index in [-0.39, 0.29) is 10.8 Å². The number of halogens is 1. The van der Waals surface area contributed by atoms with Gasteiger partial charge in [0, 0.05) is 31.7 Å². The number of thiazole rings is 1. The lowest BCUT2D eigenvalue weighted by atomic mass is 10.2. The maximum atomic E-state index is 13.6. The van der Waals surface area contributed by atoms with E-state index >= 15 is 0 Å². The fraction of sp³-hybridized carbons (Fsp3) is 0.417. The van der Waals surface area contributed by atoms with E-state index in [2.05, 4.69) is 23.7 Å². The molecule has 0 spiro atoms. The summed E-state index contributed by atoms with van der Waals surface area (Å²) < 4.78 is 28.1. The van der Waals surface area contributed by atoms with Crippen molar-refractivity contribution in [1.29, 1.82) is 0 Å². The van der Waals surface area contributed by atoms with E-state index in [0.717, 1.165) is 30.6 Å². The molecule has 1 aliphatic rings. The van der Waals surface area contributed by atoms with Gasteiger partial charge in [0.25, 0.3) is 5.91 Å². The lowest BCUT2D eigenvalue weighted by molar-refractivity contribution is 0.0983. The zero-order valence-corrected chi connectivity index (χ0v) is 21.8. The number of para-hydroxylation sites is 1. The minimum absolute atomic E-state index is 0.215. The van der Waals surface area contributed by atoms with Crippen LogP contribution in [0.15, 0.2) is 47.4 Å². The van der Waals surface area contributed by atoms with Crippen LogP contribution in [0, 0.1) is 0 Å². The van der Waals surface area contributed by atoms with Crippen LogP contribution in [0.2, 0.25) is 5.02 Å². The Morgan fingerprint density at radius 1 is 1.06 bits per heavy atom. The van der Waals surface area contributed by atoms with E-state index in [1.165, 1.54) is 27.8 Å². The Morgan fingerprint density at radius 2 is 1.74 bits per heavy atom. The molecule has 2 aromatic carbocycles. The van der Waals surface area contributed by atoms with Crippen molar-refractivity contribution in [2.75, 3.05) is 44.2 Å². The topological polar surface area (TPSA) is 73.8 Å². The first kappa shape index (κ1) is 25.1. The number of carbonyl (C=O) groups excluding carboxylic acids is 1. The van der Waals surface area contributed by atoms with E-state index in [4.69, 9.17) is 11.6 Å². The normalized spacial score (nSPS) is 14.8. The zero-order valence-electron chi connectivity index (χ0n) is 19.4. The molecular weight excluding hydrogens is 492 g/mol. The Hall–Kier alpha value is -2.04. The molecule has 0 radical (unpaired) electrons. The second-order valence-electron chi connectivity index (χ2n) is 8.20.